The number of benzene rings is 1. The van der Waals surface area contributed by atoms with Crippen LogP contribution in [0.15, 0.2) is 30.5 Å². The van der Waals surface area contributed by atoms with Gasteiger partial charge in [0.15, 0.2) is 0 Å². The molecule has 126 valence electrons. The number of aromatic nitrogens is 1. The number of carboxylic acid groups (broad SMARTS) is 1. The second-order valence-electron chi connectivity index (χ2n) is 5.50. The van der Waals surface area contributed by atoms with Crippen LogP contribution in [0.1, 0.15) is 46.4 Å². The van der Waals surface area contributed by atoms with Crippen molar-refractivity contribution in [1.29, 1.82) is 0 Å². The molecule has 2 rings (SSSR count). The van der Waals surface area contributed by atoms with Crippen molar-refractivity contribution in [3.8, 4) is 0 Å². The molecule has 0 aliphatic carbocycles. The van der Waals surface area contributed by atoms with Crippen molar-refractivity contribution in [2.75, 3.05) is 5.73 Å². The van der Waals surface area contributed by atoms with Crippen LogP contribution < -0.4 is 11.1 Å². The summed E-state index contributed by atoms with van der Waals surface area (Å²) in [6, 6.07) is 6.44. The van der Waals surface area contributed by atoms with E-state index in [1.807, 2.05) is 13.8 Å². The van der Waals surface area contributed by atoms with Crippen LogP contribution in [-0.4, -0.2) is 22.0 Å². The van der Waals surface area contributed by atoms with Crippen LogP contribution in [-0.2, 0) is 11.2 Å². The zero-order valence-electron chi connectivity index (χ0n) is 13.4. The number of thiazole rings is 1. The van der Waals surface area contributed by atoms with E-state index >= 15 is 0 Å². The standard InChI is InChI=1S/C17H19N3O3S/c1-10(2)15-16(18)24-14(20-15)7-8-19-13(21)9-11-5-3-4-6-12(11)17(22)23/h3-8,10H,9,18H2,1-2H3,(H,19,21)(H,22,23)/b8-7+. The van der Waals surface area contributed by atoms with Gasteiger partial charge in [-0.15, -0.1) is 0 Å². The minimum atomic E-state index is -1.05. The molecule has 4 N–H and O–H groups in total. The molecule has 1 aromatic heterocycles. The van der Waals surface area contributed by atoms with Crippen molar-refractivity contribution >= 4 is 34.3 Å². The average molecular weight is 345 g/mol. The van der Waals surface area contributed by atoms with Crippen LogP contribution in [0.2, 0.25) is 0 Å². The molecule has 0 bridgehead atoms. The molecule has 0 aliphatic rings. The van der Waals surface area contributed by atoms with E-state index in [1.54, 1.807) is 24.3 Å². The van der Waals surface area contributed by atoms with Gasteiger partial charge < -0.3 is 16.2 Å². The minimum Gasteiger partial charge on any atom is -0.478 e. The van der Waals surface area contributed by atoms with Gasteiger partial charge in [-0.05, 0) is 23.6 Å². The molecular weight excluding hydrogens is 326 g/mol. The molecule has 1 heterocycles. The number of aromatic carboxylic acids is 1. The second-order valence-corrected chi connectivity index (χ2v) is 6.56. The van der Waals surface area contributed by atoms with Gasteiger partial charge in [-0.3, -0.25) is 4.79 Å². The number of hydrogen-bond acceptors (Lipinski definition) is 5. The van der Waals surface area contributed by atoms with Crippen LogP contribution in [0, 0.1) is 0 Å². The van der Waals surface area contributed by atoms with Gasteiger partial charge in [0, 0.05) is 6.20 Å². The zero-order valence-corrected chi connectivity index (χ0v) is 14.3. The predicted octanol–water partition coefficient (Wildman–Crippen LogP) is 2.88. The first-order valence-corrected chi connectivity index (χ1v) is 8.23. The van der Waals surface area contributed by atoms with Crippen LogP contribution in [0.5, 0.6) is 0 Å². The fourth-order valence-corrected chi connectivity index (χ4v) is 3.05. The molecule has 2 aromatic rings. The van der Waals surface area contributed by atoms with Crippen molar-refractivity contribution < 1.29 is 14.7 Å². The lowest BCUT2D eigenvalue weighted by atomic mass is 10.0. The average Bonchev–Trinajstić information content (AvgIpc) is 2.88. The lowest BCUT2D eigenvalue weighted by molar-refractivity contribution is -0.119. The van der Waals surface area contributed by atoms with Gasteiger partial charge in [-0.2, -0.15) is 0 Å². The van der Waals surface area contributed by atoms with E-state index in [-0.39, 0.29) is 23.8 Å². The molecule has 0 saturated carbocycles. The number of amides is 1. The van der Waals surface area contributed by atoms with E-state index in [1.165, 1.54) is 23.6 Å². The molecule has 24 heavy (non-hydrogen) atoms. The Morgan fingerprint density at radius 2 is 2.08 bits per heavy atom. The van der Waals surface area contributed by atoms with Crippen molar-refractivity contribution in [2.45, 2.75) is 26.2 Å². The van der Waals surface area contributed by atoms with Crippen LogP contribution in [0.3, 0.4) is 0 Å². The first kappa shape index (κ1) is 17.7. The summed E-state index contributed by atoms with van der Waals surface area (Å²) < 4.78 is 0. The Hall–Kier alpha value is -2.67. The molecule has 1 aromatic carbocycles. The Morgan fingerprint density at radius 1 is 1.38 bits per heavy atom. The fourth-order valence-electron chi connectivity index (χ4n) is 2.16. The lowest BCUT2D eigenvalue weighted by Gasteiger charge is -2.04. The molecule has 0 saturated heterocycles. The van der Waals surface area contributed by atoms with Crippen molar-refractivity contribution in [3.63, 3.8) is 0 Å². The van der Waals surface area contributed by atoms with E-state index in [2.05, 4.69) is 10.3 Å². The molecule has 6 nitrogen and oxygen atoms in total. The Balaban J connectivity index is 1.99. The van der Waals surface area contributed by atoms with Crippen molar-refractivity contribution in [3.05, 3.63) is 52.3 Å². The highest BCUT2D eigenvalue weighted by atomic mass is 32.1. The minimum absolute atomic E-state index is 0.00986. The molecule has 7 heteroatoms. The summed E-state index contributed by atoms with van der Waals surface area (Å²) in [7, 11) is 0. The number of rotatable bonds is 6. The summed E-state index contributed by atoms with van der Waals surface area (Å²) in [6.07, 6.45) is 3.16. The molecule has 0 aliphatic heterocycles. The van der Waals surface area contributed by atoms with E-state index in [0.717, 1.165) is 5.69 Å². The normalized spacial score (nSPS) is 11.1. The number of nitrogens with zero attached hydrogens (tertiary/aromatic N) is 1. The van der Waals surface area contributed by atoms with Crippen molar-refractivity contribution in [1.82, 2.24) is 10.3 Å². The third kappa shape index (κ3) is 4.42. The largest absolute Gasteiger partial charge is 0.478 e. The van der Waals surface area contributed by atoms with Crippen LogP contribution in [0.4, 0.5) is 5.00 Å². The smallest absolute Gasteiger partial charge is 0.335 e. The third-order valence-electron chi connectivity index (χ3n) is 3.31. The number of carbonyl (C=O) groups is 2. The van der Waals surface area contributed by atoms with E-state index in [9.17, 15) is 9.59 Å². The predicted molar refractivity (Wildman–Crippen MR) is 94.9 cm³/mol. The maximum atomic E-state index is 12.0. The van der Waals surface area contributed by atoms with E-state index in [4.69, 9.17) is 10.8 Å². The molecular formula is C17H19N3O3S. The van der Waals surface area contributed by atoms with Gasteiger partial charge in [-0.25, -0.2) is 9.78 Å². The monoisotopic (exact) mass is 345 g/mol. The number of carboxylic acids is 1. The number of hydrogen-bond donors (Lipinski definition) is 3. The Morgan fingerprint density at radius 3 is 2.71 bits per heavy atom. The van der Waals surface area contributed by atoms with Crippen molar-refractivity contribution in [2.24, 2.45) is 0 Å². The highest BCUT2D eigenvalue weighted by Gasteiger charge is 2.12. The van der Waals surface area contributed by atoms with Gasteiger partial charge >= 0.3 is 5.97 Å². The topological polar surface area (TPSA) is 105 Å². The molecule has 0 atom stereocenters. The molecule has 1 amide bonds. The zero-order chi connectivity index (χ0) is 17.7. The molecule has 0 unspecified atom stereocenters. The Bertz CT molecular complexity index is 781. The lowest BCUT2D eigenvalue weighted by Crippen LogP contribution is -2.20. The summed E-state index contributed by atoms with van der Waals surface area (Å²) in [5.41, 5.74) is 7.35. The van der Waals surface area contributed by atoms with E-state index in [0.29, 0.717) is 15.6 Å². The Kier molecular flexibility index (Phi) is 5.70. The van der Waals surface area contributed by atoms with Gasteiger partial charge in [0.25, 0.3) is 0 Å². The Labute approximate surface area is 144 Å². The highest BCUT2D eigenvalue weighted by molar-refractivity contribution is 7.16. The van der Waals surface area contributed by atoms with Gasteiger partial charge in [0.1, 0.15) is 10.0 Å². The number of nitrogens with two attached hydrogens (primary N) is 1. The van der Waals surface area contributed by atoms with Gasteiger partial charge in [0.05, 0.1) is 17.7 Å². The van der Waals surface area contributed by atoms with Gasteiger partial charge in [-0.1, -0.05) is 43.4 Å². The first-order chi connectivity index (χ1) is 11.4. The summed E-state index contributed by atoms with van der Waals surface area (Å²) >= 11 is 1.36. The number of nitrogen functional groups attached to an aromatic ring is 1. The third-order valence-corrected chi connectivity index (χ3v) is 4.18. The highest BCUT2D eigenvalue weighted by Crippen LogP contribution is 2.27. The molecule has 0 radical (unpaired) electrons. The number of nitrogens with one attached hydrogen (secondary N) is 1. The quantitative estimate of drug-likeness (QED) is 0.746. The molecule has 0 fully saturated rings. The summed E-state index contributed by atoms with van der Waals surface area (Å²) in [6.45, 7) is 4.03. The first-order valence-electron chi connectivity index (χ1n) is 7.41. The number of carbonyl (C=O) groups excluding carboxylic acids is 1. The second kappa shape index (κ2) is 7.74. The SMILES string of the molecule is CC(C)c1nc(/C=C/NC(=O)Cc2ccccc2C(=O)O)sc1N. The summed E-state index contributed by atoms with van der Waals surface area (Å²) in [4.78, 5) is 27.5. The summed E-state index contributed by atoms with van der Waals surface area (Å²) in [5, 5.41) is 13.1. The van der Waals surface area contributed by atoms with Crippen LogP contribution >= 0.6 is 11.3 Å². The number of anilines is 1. The maximum absolute atomic E-state index is 12.0. The van der Waals surface area contributed by atoms with Crippen LogP contribution in [0.25, 0.3) is 6.08 Å². The maximum Gasteiger partial charge on any atom is 0.335 e. The fraction of sp³-hybridized carbons (Fsp3) is 0.235. The molecule has 0 spiro atoms. The summed E-state index contributed by atoms with van der Waals surface area (Å²) in [5.74, 6) is -1.10. The van der Waals surface area contributed by atoms with Gasteiger partial charge in [0.2, 0.25) is 5.91 Å². The van der Waals surface area contributed by atoms with E-state index < -0.39 is 5.97 Å².